The molecule has 4 atom stereocenters. The summed E-state index contributed by atoms with van der Waals surface area (Å²) >= 11 is 0. The molecule has 242 valence electrons. The summed E-state index contributed by atoms with van der Waals surface area (Å²) in [7, 11) is -4.22. The third-order valence-electron chi connectivity index (χ3n) is 7.98. The summed E-state index contributed by atoms with van der Waals surface area (Å²) in [6.45, 7) is 5.58. The van der Waals surface area contributed by atoms with Crippen LogP contribution in [0.25, 0.3) is 0 Å². The molecule has 1 aromatic rings. The Kier molecular flexibility index (Phi) is 10.7. The summed E-state index contributed by atoms with van der Waals surface area (Å²) in [5, 5.41) is 5.51. The van der Waals surface area contributed by atoms with Gasteiger partial charge in [-0.2, -0.15) is 13.1 Å². The number of carbonyl (C=O) groups excluding carboxylic acids is 4. The molecule has 4 amide bonds. The van der Waals surface area contributed by atoms with Crippen molar-refractivity contribution in [2.45, 2.75) is 102 Å². The van der Waals surface area contributed by atoms with Gasteiger partial charge in [0.2, 0.25) is 11.8 Å². The lowest BCUT2D eigenvalue weighted by molar-refractivity contribution is -0.141. The van der Waals surface area contributed by atoms with Crippen LogP contribution >= 0.6 is 0 Å². The van der Waals surface area contributed by atoms with Gasteiger partial charge in [0.25, 0.3) is 5.91 Å². The second kappa shape index (κ2) is 14.1. The van der Waals surface area contributed by atoms with Crippen molar-refractivity contribution in [2.75, 3.05) is 13.1 Å². The number of amides is 4. The molecule has 13 nitrogen and oxygen atoms in total. The number of rotatable bonds is 7. The van der Waals surface area contributed by atoms with E-state index in [1.54, 1.807) is 39.2 Å². The minimum atomic E-state index is -4.22. The lowest BCUT2D eigenvalue weighted by Gasteiger charge is -2.30. The fourth-order valence-corrected chi connectivity index (χ4v) is 6.54. The van der Waals surface area contributed by atoms with Gasteiger partial charge in [-0.1, -0.05) is 31.1 Å². The summed E-state index contributed by atoms with van der Waals surface area (Å²) in [6, 6.07) is 1.84. The second-order valence-corrected chi connectivity index (χ2v) is 14.2. The SMILES string of the molecule is CC(C)(C)OC(=O)N[C@H]1CCCCCC=C[C@@H]2C[C@@]2(C(=O)NS(=O)(=O)NCCc2cccnc2)NC(=O)[C@@H]2CCCN2C1=O. The average Bonchev–Trinajstić information content (AvgIpc) is 3.40. The Morgan fingerprint density at radius 2 is 1.95 bits per heavy atom. The molecule has 14 heteroatoms. The first-order valence-electron chi connectivity index (χ1n) is 15.3. The average molecular weight is 633 g/mol. The molecule has 44 heavy (non-hydrogen) atoms. The van der Waals surface area contributed by atoms with E-state index in [4.69, 9.17) is 4.74 Å². The van der Waals surface area contributed by atoms with Crippen molar-refractivity contribution in [3.8, 4) is 0 Å². The number of alkyl carbamates (subject to hydrolysis) is 1. The molecule has 0 bridgehead atoms. The number of pyridine rings is 1. The van der Waals surface area contributed by atoms with Crippen LogP contribution < -0.4 is 20.1 Å². The first-order valence-corrected chi connectivity index (χ1v) is 16.8. The Bertz CT molecular complexity index is 1350. The van der Waals surface area contributed by atoms with Crippen LogP contribution in [0.3, 0.4) is 0 Å². The van der Waals surface area contributed by atoms with E-state index in [1.165, 1.54) is 4.90 Å². The van der Waals surface area contributed by atoms with Gasteiger partial charge in [-0.25, -0.2) is 9.52 Å². The Labute approximate surface area is 259 Å². The molecule has 1 saturated carbocycles. The van der Waals surface area contributed by atoms with Crippen molar-refractivity contribution in [1.29, 1.82) is 0 Å². The van der Waals surface area contributed by atoms with E-state index in [0.717, 1.165) is 18.4 Å². The molecule has 1 aliphatic carbocycles. The third kappa shape index (κ3) is 9.00. The highest BCUT2D eigenvalue weighted by Gasteiger charge is 2.61. The zero-order valence-electron chi connectivity index (χ0n) is 25.6. The highest BCUT2D eigenvalue weighted by atomic mass is 32.2. The van der Waals surface area contributed by atoms with E-state index < -0.39 is 57.3 Å². The monoisotopic (exact) mass is 632 g/mol. The van der Waals surface area contributed by atoms with Crippen LogP contribution in [0.1, 0.15) is 77.7 Å². The van der Waals surface area contributed by atoms with Gasteiger partial charge in [-0.3, -0.25) is 19.4 Å². The van der Waals surface area contributed by atoms with Gasteiger partial charge in [0.15, 0.2) is 0 Å². The van der Waals surface area contributed by atoms with Gasteiger partial charge < -0.3 is 20.3 Å². The molecule has 2 aliphatic heterocycles. The predicted octanol–water partition coefficient (Wildman–Crippen LogP) is 1.85. The maximum atomic E-state index is 13.7. The van der Waals surface area contributed by atoms with E-state index in [-0.39, 0.29) is 18.9 Å². The molecule has 4 N–H and O–H groups in total. The number of nitrogens with one attached hydrogen (secondary N) is 4. The van der Waals surface area contributed by atoms with Gasteiger partial charge in [-0.05, 0) is 77.3 Å². The lowest BCUT2D eigenvalue weighted by atomic mass is 10.0. The van der Waals surface area contributed by atoms with Gasteiger partial charge in [0.1, 0.15) is 23.2 Å². The molecule has 3 heterocycles. The Hall–Kier alpha value is -3.52. The van der Waals surface area contributed by atoms with Crippen molar-refractivity contribution >= 4 is 34.0 Å². The zero-order chi connectivity index (χ0) is 32.0. The van der Waals surface area contributed by atoms with Crippen molar-refractivity contribution < 1.29 is 32.3 Å². The van der Waals surface area contributed by atoms with Crippen LogP contribution in [0, 0.1) is 5.92 Å². The lowest BCUT2D eigenvalue weighted by Crippen LogP contribution is -2.59. The molecule has 3 aliphatic rings. The number of carbonyl (C=O) groups is 4. The fourth-order valence-electron chi connectivity index (χ4n) is 5.67. The molecular weight excluding hydrogens is 588 g/mol. The fraction of sp³-hybridized carbons (Fsp3) is 0.633. The summed E-state index contributed by atoms with van der Waals surface area (Å²) in [6.07, 6.45) is 11.3. The Balaban J connectivity index is 1.47. The molecule has 1 saturated heterocycles. The molecule has 1 aromatic heterocycles. The standard InChI is InChI=1S/C30H44N6O7S/c1-29(2,3)43-28(40)33-23-13-8-6-4-5-7-12-22-19-30(22,34-25(37)24-14-10-18-36(24)26(23)38)27(39)35-44(41,42)32-17-15-21-11-9-16-31-20-21/h7,9,11-12,16,20,22-24,32H,4-6,8,10,13-15,17-19H2,1-3H3,(H,33,40)(H,34,37)(H,35,39)/t22-,23+,24+,30-/m1/s1. The first kappa shape index (κ1) is 33.4. The summed E-state index contributed by atoms with van der Waals surface area (Å²) in [5.74, 6) is -2.14. The quantitative estimate of drug-likeness (QED) is 0.329. The molecule has 4 rings (SSSR count). The number of hydrogen-bond acceptors (Lipinski definition) is 8. The zero-order valence-corrected chi connectivity index (χ0v) is 26.5. The third-order valence-corrected chi connectivity index (χ3v) is 9.02. The largest absolute Gasteiger partial charge is 0.444 e. The normalized spacial score (nSPS) is 26.3. The van der Waals surface area contributed by atoms with Crippen LogP contribution in [0.2, 0.25) is 0 Å². The number of nitrogens with zero attached hydrogens (tertiary/aromatic N) is 2. The summed E-state index contributed by atoms with van der Waals surface area (Å²) in [5.41, 5.74) is -1.37. The van der Waals surface area contributed by atoms with Crippen LogP contribution in [-0.2, 0) is 35.8 Å². The number of fused-ring (bicyclic) bond motifs is 2. The number of allylic oxidation sites excluding steroid dienone is 1. The molecule has 0 unspecified atom stereocenters. The van der Waals surface area contributed by atoms with E-state index in [9.17, 15) is 27.6 Å². The van der Waals surface area contributed by atoms with E-state index in [1.807, 2.05) is 18.2 Å². The van der Waals surface area contributed by atoms with Crippen molar-refractivity contribution in [1.82, 2.24) is 30.0 Å². The number of aromatic nitrogens is 1. The maximum absolute atomic E-state index is 13.7. The van der Waals surface area contributed by atoms with E-state index in [2.05, 4.69) is 25.1 Å². The maximum Gasteiger partial charge on any atom is 0.408 e. The van der Waals surface area contributed by atoms with Crippen LogP contribution in [-0.4, -0.2) is 78.4 Å². The van der Waals surface area contributed by atoms with E-state index >= 15 is 0 Å². The molecule has 2 fully saturated rings. The van der Waals surface area contributed by atoms with Crippen molar-refractivity contribution in [3.05, 3.63) is 42.2 Å². The highest BCUT2D eigenvalue weighted by molar-refractivity contribution is 7.88. The van der Waals surface area contributed by atoms with Gasteiger partial charge in [0, 0.05) is 31.4 Å². The molecular formula is C30H44N6O7S. The second-order valence-electron chi connectivity index (χ2n) is 12.7. The Morgan fingerprint density at radius 1 is 1.16 bits per heavy atom. The van der Waals surface area contributed by atoms with Gasteiger partial charge in [-0.15, -0.1) is 0 Å². The van der Waals surface area contributed by atoms with Gasteiger partial charge in [0.05, 0.1) is 0 Å². The molecule has 0 spiro atoms. The van der Waals surface area contributed by atoms with Crippen LogP contribution in [0.5, 0.6) is 0 Å². The van der Waals surface area contributed by atoms with Crippen molar-refractivity contribution in [3.63, 3.8) is 0 Å². The summed E-state index contributed by atoms with van der Waals surface area (Å²) in [4.78, 5) is 58.8. The number of ether oxygens (including phenoxy) is 1. The molecule has 0 radical (unpaired) electrons. The van der Waals surface area contributed by atoms with Crippen LogP contribution in [0.15, 0.2) is 36.7 Å². The van der Waals surface area contributed by atoms with E-state index in [0.29, 0.717) is 45.1 Å². The smallest absolute Gasteiger partial charge is 0.408 e. The topological polar surface area (TPSA) is 176 Å². The summed E-state index contributed by atoms with van der Waals surface area (Å²) < 4.78 is 35.4. The minimum Gasteiger partial charge on any atom is -0.444 e. The highest BCUT2D eigenvalue weighted by Crippen LogP contribution is 2.45. The van der Waals surface area contributed by atoms with Gasteiger partial charge >= 0.3 is 16.3 Å². The minimum absolute atomic E-state index is 0.0502. The molecule has 0 aromatic carbocycles. The Morgan fingerprint density at radius 3 is 2.68 bits per heavy atom. The number of hydrogen-bond donors (Lipinski definition) is 4. The van der Waals surface area contributed by atoms with Crippen LogP contribution in [0.4, 0.5) is 4.79 Å². The first-order chi connectivity index (χ1) is 20.8. The van der Waals surface area contributed by atoms with Crippen molar-refractivity contribution in [2.24, 2.45) is 5.92 Å². The predicted molar refractivity (Wildman–Crippen MR) is 162 cm³/mol.